The van der Waals surface area contributed by atoms with Crippen molar-refractivity contribution in [2.45, 2.75) is 13.1 Å². The summed E-state index contributed by atoms with van der Waals surface area (Å²) < 4.78 is 37.9. The summed E-state index contributed by atoms with van der Waals surface area (Å²) in [6, 6.07) is 5.20. The molecule has 0 saturated heterocycles. The van der Waals surface area contributed by atoms with Gasteiger partial charge in [0, 0.05) is 12.7 Å². The van der Waals surface area contributed by atoms with Crippen LogP contribution in [-0.4, -0.2) is 19.4 Å². The van der Waals surface area contributed by atoms with Crippen LogP contribution in [-0.2, 0) is 11.0 Å². The first-order valence-corrected chi connectivity index (χ1v) is 4.69. The topological polar surface area (TPSA) is 20.3 Å². The summed E-state index contributed by atoms with van der Waals surface area (Å²) in [4.78, 5) is 12.2. The van der Waals surface area contributed by atoms with E-state index in [1.807, 2.05) is 0 Å². The quantitative estimate of drug-likeness (QED) is 0.797. The minimum atomic E-state index is -4.40. The molecule has 2 nitrogen and oxygen atoms in total. The molecular weight excluding hydrogens is 219 g/mol. The number of para-hydroxylation sites is 1. The minimum Gasteiger partial charge on any atom is -0.367 e. The standard InChI is InChI=1S/C11H12F3NO/c1-8(16)7-15(2)10-6-4-3-5-9(10)11(12,13)14/h3-6H,7H2,1-2H3. The van der Waals surface area contributed by atoms with Gasteiger partial charge < -0.3 is 4.90 Å². The van der Waals surface area contributed by atoms with E-state index in [0.717, 1.165) is 6.07 Å². The number of ketones is 1. The maximum Gasteiger partial charge on any atom is 0.418 e. The Labute approximate surface area is 91.7 Å². The molecule has 0 aliphatic heterocycles. The molecule has 0 unspecified atom stereocenters. The molecule has 1 aromatic rings. The van der Waals surface area contributed by atoms with Gasteiger partial charge in [-0.25, -0.2) is 0 Å². The van der Waals surface area contributed by atoms with Crippen molar-refractivity contribution in [2.75, 3.05) is 18.5 Å². The second-order valence-electron chi connectivity index (χ2n) is 3.57. The molecule has 0 bridgehead atoms. The van der Waals surface area contributed by atoms with Crippen molar-refractivity contribution in [3.05, 3.63) is 29.8 Å². The van der Waals surface area contributed by atoms with E-state index in [-0.39, 0.29) is 18.0 Å². The van der Waals surface area contributed by atoms with Gasteiger partial charge in [-0.05, 0) is 19.1 Å². The van der Waals surface area contributed by atoms with Gasteiger partial charge in [0.1, 0.15) is 5.78 Å². The largest absolute Gasteiger partial charge is 0.418 e. The number of carbonyl (C=O) groups excluding carboxylic acids is 1. The van der Waals surface area contributed by atoms with Gasteiger partial charge in [-0.15, -0.1) is 0 Å². The van der Waals surface area contributed by atoms with Crippen LogP contribution in [0, 0.1) is 0 Å². The highest BCUT2D eigenvalue weighted by Crippen LogP contribution is 2.35. The van der Waals surface area contributed by atoms with Crippen molar-refractivity contribution in [1.29, 1.82) is 0 Å². The van der Waals surface area contributed by atoms with Gasteiger partial charge in [0.25, 0.3) is 0 Å². The summed E-state index contributed by atoms with van der Waals surface area (Å²) in [5, 5.41) is 0. The predicted octanol–water partition coefficient (Wildman–Crippen LogP) is 2.73. The lowest BCUT2D eigenvalue weighted by Crippen LogP contribution is -2.26. The molecule has 0 amide bonds. The van der Waals surface area contributed by atoms with Gasteiger partial charge in [-0.1, -0.05) is 12.1 Å². The van der Waals surface area contributed by atoms with Gasteiger partial charge in [-0.3, -0.25) is 4.79 Å². The molecule has 0 radical (unpaired) electrons. The van der Waals surface area contributed by atoms with Crippen molar-refractivity contribution in [2.24, 2.45) is 0 Å². The Morgan fingerprint density at radius 1 is 1.31 bits per heavy atom. The number of Topliss-reactive ketones (excluding diaryl/α,β-unsaturated/α-hetero) is 1. The Bertz CT molecular complexity index is 387. The fourth-order valence-electron chi connectivity index (χ4n) is 1.47. The van der Waals surface area contributed by atoms with Crippen molar-refractivity contribution < 1.29 is 18.0 Å². The Morgan fingerprint density at radius 3 is 2.38 bits per heavy atom. The van der Waals surface area contributed by atoms with E-state index in [1.54, 1.807) is 0 Å². The van der Waals surface area contributed by atoms with Crippen LogP contribution >= 0.6 is 0 Å². The Morgan fingerprint density at radius 2 is 1.88 bits per heavy atom. The zero-order valence-corrected chi connectivity index (χ0v) is 9.01. The first-order valence-electron chi connectivity index (χ1n) is 4.69. The summed E-state index contributed by atoms with van der Waals surface area (Å²) in [5.41, 5.74) is -0.705. The average Bonchev–Trinajstić information content (AvgIpc) is 2.15. The molecule has 0 spiro atoms. The number of anilines is 1. The fourth-order valence-corrected chi connectivity index (χ4v) is 1.47. The van der Waals surface area contributed by atoms with E-state index in [9.17, 15) is 18.0 Å². The highest BCUT2D eigenvalue weighted by molar-refractivity contribution is 5.81. The Kier molecular flexibility index (Phi) is 3.57. The maximum absolute atomic E-state index is 12.6. The van der Waals surface area contributed by atoms with Gasteiger partial charge in [0.15, 0.2) is 0 Å². The van der Waals surface area contributed by atoms with Crippen molar-refractivity contribution in [3.63, 3.8) is 0 Å². The summed E-state index contributed by atoms with van der Waals surface area (Å²) in [6.07, 6.45) is -4.40. The molecule has 0 atom stereocenters. The summed E-state index contributed by atoms with van der Waals surface area (Å²) in [7, 11) is 1.46. The third-order valence-electron chi connectivity index (χ3n) is 2.08. The number of halogens is 3. The number of hydrogen-bond acceptors (Lipinski definition) is 2. The molecule has 0 aromatic heterocycles. The third-order valence-corrected chi connectivity index (χ3v) is 2.08. The number of benzene rings is 1. The van der Waals surface area contributed by atoms with E-state index in [2.05, 4.69) is 0 Å². The van der Waals surface area contributed by atoms with Gasteiger partial charge in [0.2, 0.25) is 0 Å². The van der Waals surface area contributed by atoms with Crippen LogP contribution in [0.2, 0.25) is 0 Å². The summed E-state index contributed by atoms with van der Waals surface area (Å²) >= 11 is 0. The average molecular weight is 231 g/mol. The number of carbonyl (C=O) groups is 1. The molecule has 0 aliphatic rings. The van der Waals surface area contributed by atoms with E-state index >= 15 is 0 Å². The van der Waals surface area contributed by atoms with Crippen LogP contribution in [0.25, 0.3) is 0 Å². The zero-order chi connectivity index (χ0) is 12.3. The van der Waals surface area contributed by atoms with E-state index in [4.69, 9.17) is 0 Å². The molecular formula is C11H12F3NO. The molecule has 0 N–H and O–H groups in total. The maximum atomic E-state index is 12.6. The van der Waals surface area contributed by atoms with Crippen molar-refractivity contribution in [1.82, 2.24) is 0 Å². The number of rotatable bonds is 3. The molecule has 5 heteroatoms. The normalized spacial score (nSPS) is 11.3. The lowest BCUT2D eigenvalue weighted by Gasteiger charge is -2.22. The first kappa shape index (κ1) is 12.5. The molecule has 16 heavy (non-hydrogen) atoms. The third kappa shape index (κ3) is 2.98. The van der Waals surface area contributed by atoms with E-state index in [1.165, 1.54) is 37.1 Å². The number of hydrogen-bond donors (Lipinski definition) is 0. The van der Waals surface area contributed by atoms with Crippen LogP contribution in [0.15, 0.2) is 24.3 Å². The Hall–Kier alpha value is -1.52. The molecule has 0 aliphatic carbocycles. The number of likely N-dealkylation sites (N-methyl/N-ethyl adjacent to an activating group) is 1. The van der Waals surface area contributed by atoms with Gasteiger partial charge >= 0.3 is 6.18 Å². The molecule has 1 rings (SSSR count). The van der Waals surface area contributed by atoms with Gasteiger partial charge in [0.05, 0.1) is 12.1 Å². The first-order chi connectivity index (χ1) is 7.32. The molecule has 88 valence electrons. The highest BCUT2D eigenvalue weighted by atomic mass is 19.4. The highest BCUT2D eigenvalue weighted by Gasteiger charge is 2.34. The minimum absolute atomic E-state index is 0.0187. The monoisotopic (exact) mass is 231 g/mol. The second-order valence-corrected chi connectivity index (χ2v) is 3.57. The summed E-state index contributed by atoms with van der Waals surface area (Å²) in [5.74, 6) is -0.181. The molecule has 1 aromatic carbocycles. The van der Waals surface area contributed by atoms with Crippen LogP contribution in [0.1, 0.15) is 12.5 Å². The molecule has 0 fully saturated rings. The predicted molar refractivity (Wildman–Crippen MR) is 55.4 cm³/mol. The second kappa shape index (κ2) is 4.55. The Balaban J connectivity index is 3.08. The molecule has 0 saturated carbocycles. The van der Waals surface area contributed by atoms with Crippen LogP contribution < -0.4 is 4.90 Å². The van der Waals surface area contributed by atoms with Crippen molar-refractivity contribution in [3.8, 4) is 0 Å². The fraction of sp³-hybridized carbons (Fsp3) is 0.364. The molecule has 0 heterocycles. The summed E-state index contributed by atoms with van der Waals surface area (Å²) in [6.45, 7) is 1.31. The van der Waals surface area contributed by atoms with E-state index < -0.39 is 11.7 Å². The van der Waals surface area contributed by atoms with Crippen LogP contribution in [0.4, 0.5) is 18.9 Å². The van der Waals surface area contributed by atoms with Crippen LogP contribution in [0.3, 0.4) is 0 Å². The smallest absolute Gasteiger partial charge is 0.367 e. The van der Waals surface area contributed by atoms with E-state index in [0.29, 0.717) is 0 Å². The number of alkyl halides is 3. The lowest BCUT2D eigenvalue weighted by atomic mass is 10.1. The van der Waals surface area contributed by atoms with Gasteiger partial charge in [-0.2, -0.15) is 13.2 Å². The number of nitrogens with zero attached hydrogens (tertiary/aromatic N) is 1. The lowest BCUT2D eigenvalue weighted by molar-refractivity contribution is -0.137. The SMILES string of the molecule is CC(=O)CN(C)c1ccccc1C(F)(F)F. The zero-order valence-electron chi connectivity index (χ0n) is 9.01. The van der Waals surface area contributed by atoms with Crippen molar-refractivity contribution >= 4 is 11.5 Å². The van der Waals surface area contributed by atoms with Crippen LogP contribution in [0.5, 0.6) is 0 Å².